The lowest BCUT2D eigenvalue weighted by molar-refractivity contribution is -0.147. The highest BCUT2D eigenvalue weighted by atomic mass is 16.2. The number of rotatable bonds is 4. The molecule has 0 spiro atoms. The lowest BCUT2D eigenvalue weighted by Crippen LogP contribution is -2.74. The van der Waals surface area contributed by atoms with Gasteiger partial charge in [0.2, 0.25) is 17.7 Å². The molecule has 2 aromatic carbocycles. The van der Waals surface area contributed by atoms with Crippen LogP contribution in [0.25, 0.3) is 0 Å². The highest BCUT2D eigenvalue weighted by Crippen LogP contribution is 2.30. The Bertz CT molecular complexity index is 1090. The molecule has 0 aromatic heterocycles. The highest BCUT2D eigenvalue weighted by Gasteiger charge is 2.49. The van der Waals surface area contributed by atoms with Crippen molar-refractivity contribution >= 4 is 23.4 Å². The van der Waals surface area contributed by atoms with Crippen molar-refractivity contribution in [1.82, 2.24) is 20.9 Å². The number of fused-ring (bicyclic) bond motifs is 2. The normalized spacial score (nSPS) is 27.1. The van der Waals surface area contributed by atoms with Crippen molar-refractivity contribution in [3.63, 3.8) is 0 Å². The fourth-order valence-corrected chi connectivity index (χ4v) is 5.17. The smallest absolute Gasteiger partial charge is 0.229 e. The van der Waals surface area contributed by atoms with Crippen molar-refractivity contribution < 1.29 is 14.4 Å². The van der Waals surface area contributed by atoms with E-state index in [9.17, 15) is 14.4 Å². The SMILES string of the molecule is CCc1ccccc1NC(=O)C1CC(=O)NC2NC(N3CCc4ccccc4C3)NC(=O)C21. The molecule has 3 heterocycles. The quantitative estimate of drug-likeness (QED) is 0.566. The van der Waals surface area contributed by atoms with Crippen molar-refractivity contribution in [2.45, 2.75) is 45.2 Å². The van der Waals surface area contributed by atoms with Gasteiger partial charge in [-0.2, -0.15) is 0 Å². The average Bonchev–Trinajstić information content (AvgIpc) is 2.83. The molecule has 0 radical (unpaired) electrons. The Labute approximate surface area is 193 Å². The van der Waals surface area contributed by atoms with E-state index >= 15 is 0 Å². The van der Waals surface area contributed by atoms with Crippen molar-refractivity contribution in [3.8, 4) is 0 Å². The zero-order chi connectivity index (χ0) is 22.9. The number of aryl methyl sites for hydroxylation is 1. The number of nitrogens with one attached hydrogen (secondary N) is 4. The first-order chi connectivity index (χ1) is 16.0. The molecular weight excluding hydrogens is 418 g/mol. The van der Waals surface area contributed by atoms with Crippen LogP contribution in [0.5, 0.6) is 0 Å². The molecule has 0 bridgehead atoms. The zero-order valence-electron chi connectivity index (χ0n) is 18.6. The van der Waals surface area contributed by atoms with Crippen LogP contribution in [0.3, 0.4) is 0 Å². The first kappa shape index (κ1) is 21.6. The van der Waals surface area contributed by atoms with Crippen molar-refractivity contribution in [2.24, 2.45) is 11.8 Å². The molecule has 3 aliphatic rings. The standard InChI is InChI=1S/C25H29N5O3/c1-2-15-7-5-6-10-19(15)26-23(32)18-13-20(31)27-22-21(18)24(33)29-25(28-22)30-12-11-16-8-3-4-9-17(16)14-30/h3-10,18,21-22,25,28H,2,11-14H2,1H3,(H,26,32)(H,27,31)(H,29,33). The van der Waals surface area contributed by atoms with E-state index in [1.165, 1.54) is 11.1 Å². The minimum absolute atomic E-state index is 0.0157. The number of hydrogen-bond donors (Lipinski definition) is 4. The molecule has 0 saturated carbocycles. The van der Waals surface area contributed by atoms with Gasteiger partial charge in [0.05, 0.1) is 18.0 Å². The highest BCUT2D eigenvalue weighted by molar-refractivity contribution is 6.00. The zero-order valence-corrected chi connectivity index (χ0v) is 18.6. The van der Waals surface area contributed by atoms with Gasteiger partial charge in [-0.3, -0.25) is 24.6 Å². The molecule has 3 aliphatic heterocycles. The van der Waals surface area contributed by atoms with Crippen LogP contribution in [0.4, 0.5) is 5.69 Å². The lowest BCUT2D eigenvalue weighted by Gasteiger charge is -2.47. The third kappa shape index (κ3) is 4.24. The summed E-state index contributed by atoms with van der Waals surface area (Å²) >= 11 is 0. The molecule has 33 heavy (non-hydrogen) atoms. The summed E-state index contributed by atoms with van der Waals surface area (Å²) in [6, 6.07) is 15.9. The average molecular weight is 448 g/mol. The van der Waals surface area contributed by atoms with Crippen LogP contribution in [0, 0.1) is 11.8 Å². The summed E-state index contributed by atoms with van der Waals surface area (Å²) < 4.78 is 0. The molecule has 0 aliphatic carbocycles. The number of piperidine rings is 1. The summed E-state index contributed by atoms with van der Waals surface area (Å²) in [5.74, 6) is -2.17. The van der Waals surface area contributed by atoms with Gasteiger partial charge in [-0.25, -0.2) is 0 Å². The Balaban J connectivity index is 1.32. The van der Waals surface area contributed by atoms with E-state index in [1.807, 2.05) is 43.3 Å². The maximum Gasteiger partial charge on any atom is 0.229 e. The predicted molar refractivity (Wildman–Crippen MR) is 124 cm³/mol. The van der Waals surface area contributed by atoms with Crippen molar-refractivity contribution in [2.75, 3.05) is 11.9 Å². The number of anilines is 1. The van der Waals surface area contributed by atoms with Crippen LogP contribution < -0.4 is 21.3 Å². The second-order valence-electron chi connectivity index (χ2n) is 8.95. The largest absolute Gasteiger partial charge is 0.340 e. The molecule has 2 fully saturated rings. The van der Waals surface area contributed by atoms with Gasteiger partial charge in [-0.05, 0) is 35.6 Å². The first-order valence-electron chi connectivity index (χ1n) is 11.6. The molecular formula is C25H29N5O3. The number of hydrogen-bond acceptors (Lipinski definition) is 5. The van der Waals surface area contributed by atoms with E-state index in [-0.39, 0.29) is 24.1 Å². The number of benzene rings is 2. The first-order valence-corrected chi connectivity index (χ1v) is 11.6. The minimum atomic E-state index is -0.746. The van der Waals surface area contributed by atoms with Crippen molar-refractivity contribution in [1.29, 1.82) is 0 Å². The molecule has 5 rings (SSSR count). The molecule has 2 aromatic rings. The topological polar surface area (TPSA) is 103 Å². The molecule has 2 saturated heterocycles. The van der Waals surface area contributed by atoms with Crippen LogP contribution in [-0.2, 0) is 33.8 Å². The van der Waals surface area contributed by atoms with Crippen LogP contribution in [0.1, 0.15) is 30.0 Å². The maximum absolute atomic E-state index is 13.2. The molecule has 3 amide bonds. The van der Waals surface area contributed by atoms with E-state index in [0.29, 0.717) is 6.54 Å². The van der Waals surface area contributed by atoms with Crippen LogP contribution in [0.15, 0.2) is 48.5 Å². The van der Waals surface area contributed by atoms with Gasteiger partial charge in [0, 0.05) is 25.2 Å². The second kappa shape index (κ2) is 8.96. The van der Waals surface area contributed by atoms with Crippen LogP contribution >= 0.6 is 0 Å². The lowest BCUT2D eigenvalue weighted by atomic mass is 9.81. The number of amides is 3. The molecule has 4 atom stereocenters. The van der Waals surface area contributed by atoms with Crippen molar-refractivity contribution in [3.05, 3.63) is 65.2 Å². The van der Waals surface area contributed by atoms with Gasteiger partial charge in [0.1, 0.15) is 6.29 Å². The Hall–Kier alpha value is -3.23. The fraction of sp³-hybridized carbons (Fsp3) is 0.400. The third-order valence-electron chi connectivity index (χ3n) is 6.95. The third-order valence-corrected chi connectivity index (χ3v) is 6.95. The van der Waals surface area contributed by atoms with Gasteiger partial charge < -0.3 is 16.0 Å². The molecule has 4 N–H and O–H groups in total. The van der Waals surface area contributed by atoms with E-state index in [1.54, 1.807) is 0 Å². The Morgan fingerprint density at radius 3 is 2.64 bits per heavy atom. The second-order valence-corrected chi connectivity index (χ2v) is 8.95. The Morgan fingerprint density at radius 1 is 1.06 bits per heavy atom. The fourth-order valence-electron chi connectivity index (χ4n) is 5.17. The summed E-state index contributed by atoms with van der Waals surface area (Å²) in [7, 11) is 0. The summed E-state index contributed by atoms with van der Waals surface area (Å²) in [5.41, 5.74) is 4.30. The summed E-state index contributed by atoms with van der Waals surface area (Å²) in [6.07, 6.45) is 0.649. The number of para-hydroxylation sites is 1. The van der Waals surface area contributed by atoms with Gasteiger partial charge >= 0.3 is 0 Å². The van der Waals surface area contributed by atoms with Gasteiger partial charge in [-0.1, -0.05) is 49.4 Å². The Morgan fingerprint density at radius 2 is 1.82 bits per heavy atom. The van der Waals surface area contributed by atoms with E-state index in [2.05, 4.69) is 38.3 Å². The van der Waals surface area contributed by atoms with E-state index < -0.39 is 24.3 Å². The van der Waals surface area contributed by atoms with Crippen LogP contribution in [0.2, 0.25) is 0 Å². The molecule has 4 unspecified atom stereocenters. The van der Waals surface area contributed by atoms with E-state index in [0.717, 1.165) is 30.6 Å². The minimum Gasteiger partial charge on any atom is -0.340 e. The Kier molecular flexibility index (Phi) is 5.86. The van der Waals surface area contributed by atoms with Gasteiger partial charge in [0.15, 0.2) is 0 Å². The van der Waals surface area contributed by atoms with Gasteiger partial charge in [-0.15, -0.1) is 0 Å². The predicted octanol–water partition coefficient (Wildman–Crippen LogP) is 1.33. The van der Waals surface area contributed by atoms with Gasteiger partial charge in [0.25, 0.3) is 0 Å². The number of nitrogens with zero attached hydrogens (tertiary/aromatic N) is 1. The van der Waals surface area contributed by atoms with Crippen LogP contribution in [-0.4, -0.2) is 41.6 Å². The maximum atomic E-state index is 13.2. The summed E-state index contributed by atoms with van der Waals surface area (Å²) in [5, 5.41) is 12.3. The molecule has 8 nitrogen and oxygen atoms in total. The number of carbonyl (C=O) groups excluding carboxylic acids is 3. The monoisotopic (exact) mass is 447 g/mol. The number of carbonyl (C=O) groups is 3. The summed E-state index contributed by atoms with van der Waals surface area (Å²) in [6.45, 7) is 3.52. The summed E-state index contributed by atoms with van der Waals surface area (Å²) in [4.78, 5) is 41.0. The van der Waals surface area contributed by atoms with E-state index in [4.69, 9.17) is 0 Å². The molecule has 8 heteroatoms. The molecule has 172 valence electrons.